The van der Waals surface area contributed by atoms with Crippen LogP contribution in [0.15, 0.2) is 5.18 Å². The Morgan fingerprint density at radius 1 is 1.47 bits per heavy atom. The van der Waals surface area contributed by atoms with Crippen molar-refractivity contribution in [2.75, 3.05) is 18.8 Å². The van der Waals surface area contributed by atoms with Crippen molar-refractivity contribution in [2.45, 2.75) is 38.0 Å². The van der Waals surface area contributed by atoms with Crippen LogP contribution >= 0.6 is 11.8 Å². The van der Waals surface area contributed by atoms with Gasteiger partial charge in [0, 0.05) is 6.54 Å². The van der Waals surface area contributed by atoms with Crippen molar-refractivity contribution >= 4 is 17.7 Å². The normalized spacial score (nSPS) is 21.8. The molecule has 0 saturated carbocycles. The molecule has 1 rings (SSSR count). The van der Waals surface area contributed by atoms with Crippen LogP contribution < -0.4 is 0 Å². The second kappa shape index (κ2) is 6.82. The number of nitroso groups, excluding NO2 is 1. The number of hydrogen-bond donors (Lipinski definition) is 0. The summed E-state index contributed by atoms with van der Waals surface area (Å²) in [5.41, 5.74) is 0. The van der Waals surface area contributed by atoms with Gasteiger partial charge in [-0.1, -0.05) is 31.4 Å². The van der Waals surface area contributed by atoms with Crippen molar-refractivity contribution in [3.8, 4) is 0 Å². The molecule has 0 aromatic carbocycles. The van der Waals surface area contributed by atoms with Gasteiger partial charge in [0.05, 0.1) is 12.3 Å². The zero-order chi connectivity index (χ0) is 11.1. The fraction of sp³-hybridized carbons (Fsp3) is 0.900. The molecule has 0 bridgehead atoms. The van der Waals surface area contributed by atoms with Gasteiger partial charge in [0.1, 0.15) is 0 Å². The fourth-order valence-electron chi connectivity index (χ4n) is 1.61. The molecule has 1 amide bonds. The molecule has 15 heavy (non-hydrogen) atoms. The van der Waals surface area contributed by atoms with Crippen LogP contribution in [0, 0.1) is 4.91 Å². The number of thioether (sulfide) groups is 1. The zero-order valence-corrected chi connectivity index (χ0v) is 9.96. The molecule has 0 aromatic rings. The van der Waals surface area contributed by atoms with Crippen LogP contribution in [0.2, 0.25) is 0 Å². The fourth-order valence-corrected chi connectivity index (χ4v) is 2.47. The summed E-state index contributed by atoms with van der Waals surface area (Å²) in [7, 11) is 0. The summed E-state index contributed by atoms with van der Waals surface area (Å²) in [6, 6.07) is 0. The number of carbonyl (C=O) groups is 1. The summed E-state index contributed by atoms with van der Waals surface area (Å²) in [5.74, 6) is 0.556. The highest BCUT2D eigenvalue weighted by molar-refractivity contribution is 8.00. The van der Waals surface area contributed by atoms with Gasteiger partial charge in [-0.25, -0.2) is 0 Å². The first-order valence-electron chi connectivity index (χ1n) is 5.49. The molecule has 1 aliphatic rings. The first kappa shape index (κ1) is 12.5. The van der Waals surface area contributed by atoms with Crippen molar-refractivity contribution in [1.82, 2.24) is 4.90 Å². The predicted octanol–water partition coefficient (Wildman–Crippen LogP) is 2.23. The Morgan fingerprint density at radius 3 is 2.93 bits per heavy atom. The third kappa shape index (κ3) is 4.20. The van der Waals surface area contributed by atoms with E-state index < -0.39 is 0 Å². The van der Waals surface area contributed by atoms with Gasteiger partial charge in [-0.15, -0.1) is 16.7 Å². The first-order valence-corrected chi connectivity index (χ1v) is 6.54. The Kier molecular flexibility index (Phi) is 5.68. The standard InChI is InChI=1S/C10H18N2O2S/c1-2-3-4-5-6-12-7-9(11-14)15-8-10(12)13/h9H,2-8H2,1H3. The highest BCUT2D eigenvalue weighted by Crippen LogP contribution is 2.20. The van der Waals surface area contributed by atoms with Gasteiger partial charge >= 0.3 is 0 Å². The second-order valence-electron chi connectivity index (χ2n) is 3.77. The largest absolute Gasteiger partial charge is 0.339 e. The second-order valence-corrected chi connectivity index (χ2v) is 4.94. The molecular weight excluding hydrogens is 212 g/mol. The van der Waals surface area contributed by atoms with Gasteiger partial charge in [0.25, 0.3) is 0 Å². The molecule has 1 saturated heterocycles. The van der Waals surface area contributed by atoms with Gasteiger partial charge in [0.15, 0.2) is 5.37 Å². The van der Waals surface area contributed by atoms with E-state index in [-0.39, 0.29) is 11.3 Å². The number of unbranched alkanes of at least 4 members (excludes halogenated alkanes) is 3. The quantitative estimate of drug-likeness (QED) is 0.519. The van der Waals surface area contributed by atoms with Gasteiger partial charge in [0.2, 0.25) is 5.91 Å². The number of amides is 1. The van der Waals surface area contributed by atoms with Crippen LogP contribution in [0.3, 0.4) is 0 Å². The topological polar surface area (TPSA) is 49.7 Å². The van der Waals surface area contributed by atoms with Crippen LogP contribution in [0.1, 0.15) is 32.6 Å². The first-order chi connectivity index (χ1) is 7.27. The van der Waals surface area contributed by atoms with Crippen LogP contribution in [0.5, 0.6) is 0 Å². The minimum absolute atomic E-state index is 0.149. The minimum atomic E-state index is -0.256. The molecule has 86 valence electrons. The average Bonchev–Trinajstić information content (AvgIpc) is 2.26. The number of nitrogens with zero attached hydrogens (tertiary/aromatic N) is 2. The van der Waals surface area contributed by atoms with Gasteiger partial charge in [-0.3, -0.25) is 4.79 Å². The lowest BCUT2D eigenvalue weighted by Crippen LogP contribution is -2.42. The van der Waals surface area contributed by atoms with E-state index in [9.17, 15) is 9.70 Å². The number of hydrogen-bond acceptors (Lipinski definition) is 4. The van der Waals surface area contributed by atoms with Crippen molar-refractivity contribution in [3.63, 3.8) is 0 Å². The third-order valence-electron chi connectivity index (χ3n) is 2.53. The number of rotatable bonds is 6. The Morgan fingerprint density at radius 2 is 2.27 bits per heavy atom. The molecule has 1 atom stereocenters. The maximum Gasteiger partial charge on any atom is 0.232 e. The molecule has 0 aliphatic carbocycles. The molecule has 1 unspecified atom stereocenters. The maximum absolute atomic E-state index is 11.5. The van der Waals surface area contributed by atoms with E-state index in [1.165, 1.54) is 24.6 Å². The summed E-state index contributed by atoms with van der Waals surface area (Å²) in [6.45, 7) is 3.44. The van der Waals surface area contributed by atoms with Crippen molar-refractivity contribution in [3.05, 3.63) is 4.91 Å². The van der Waals surface area contributed by atoms with E-state index in [4.69, 9.17) is 0 Å². The lowest BCUT2D eigenvalue weighted by atomic mass is 10.2. The van der Waals surface area contributed by atoms with Gasteiger partial charge in [-0.05, 0) is 6.42 Å². The molecule has 1 fully saturated rings. The van der Waals surface area contributed by atoms with Crippen molar-refractivity contribution < 1.29 is 4.79 Å². The molecule has 1 heterocycles. The molecule has 0 N–H and O–H groups in total. The summed E-state index contributed by atoms with van der Waals surface area (Å²) in [5, 5.41) is 2.74. The Labute approximate surface area is 94.8 Å². The van der Waals surface area contributed by atoms with E-state index in [1.807, 2.05) is 0 Å². The molecule has 0 radical (unpaired) electrons. The Hall–Kier alpha value is -0.580. The summed E-state index contributed by atoms with van der Waals surface area (Å²) >= 11 is 1.35. The lowest BCUT2D eigenvalue weighted by Gasteiger charge is -2.28. The van der Waals surface area contributed by atoms with Crippen LogP contribution in [-0.2, 0) is 4.79 Å². The molecular formula is C10H18N2O2S. The van der Waals surface area contributed by atoms with Crippen LogP contribution in [0.4, 0.5) is 0 Å². The third-order valence-corrected chi connectivity index (χ3v) is 3.56. The van der Waals surface area contributed by atoms with Crippen molar-refractivity contribution in [2.24, 2.45) is 5.18 Å². The predicted molar refractivity (Wildman–Crippen MR) is 62.8 cm³/mol. The summed E-state index contributed by atoms with van der Waals surface area (Å²) in [6.07, 6.45) is 4.61. The SMILES string of the molecule is CCCCCCN1CC(N=O)SCC1=O. The molecule has 1 aliphatic heterocycles. The average molecular weight is 230 g/mol. The lowest BCUT2D eigenvalue weighted by molar-refractivity contribution is -0.128. The maximum atomic E-state index is 11.5. The molecule has 4 nitrogen and oxygen atoms in total. The van der Waals surface area contributed by atoms with Gasteiger partial charge in [-0.2, -0.15) is 0 Å². The zero-order valence-electron chi connectivity index (χ0n) is 9.15. The van der Waals surface area contributed by atoms with Gasteiger partial charge < -0.3 is 4.90 Å². The number of carbonyl (C=O) groups excluding carboxylic acids is 1. The van der Waals surface area contributed by atoms with E-state index in [2.05, 4.69) is 12.1 Å². The monoisotopic (exact) mass is 230 g/mol. The molecule has 0 aromatic heterocycles. The highest BCUT2D eigenvalue weighted by Gasteiger charge is 2.25. The molecule has 5 heteroatoms. The minimum Gasteiger partial charge on any atom is -0.339 e. The Bertz CT molecular complexity index is 223. The smallest absolute Gasteiger partial charge is 0.232 e. The van der Waals surface area contributed by atoms with E-state index >= 15 is 0 Å². The van der Waals surface area contributed by atoms with Crippen LogP contribution in [0.25, 0.3) is 0 Å². The summed E-state index contributed by atoms with van der Waals surface area (Å²) < 4.78 is 0. The van der Waals surface area contributed by atoms with Crippen molar-refractivity contribution in [1.29, 1.82) is 0 Å². The van der Waals surface area contributed by atoms with Crippen LogP contribution in [-0.4, -0.2) is 35.0 Å². The highest BCUT2D eigenvalue weighted by atomic mass is 32.2. The molecule has 0 spiro atoms. The Balaban J connectivity index is 2.25. The summed E-state index contributed by atoms with van der Waals surface area (Å²) in [4.78, 5) is 23.6. The van der Waals surface area contributed by atoms with E-state index in [1.54, 1.807) is 4.90 Å². The van der Waals surface area contributed by atoms with E-state index in [0.717, 1.165) is 19.4 Å². The van der Waals surface area contributed by atoms with E-state index in [0.29, 0.717) is 12.3 Å².